The fourth-order valence-corrected chi connectivity index (χ4v) is 4.63. The number of carbonyl (C=O) groups is 1. The van der Waals surface area contributed by atoms with Gasteiger partial charge in [-0.3, -0.25) is 9.59 Å². The number of benzene rings is 1. The molecule has 7 heteroatoms. The van der Waals surface area contributed by atoms with Crippen molar-refractivity contribution in [1.82, 2.24) is 14.7 Å². The maximum atomic E-state index is 12.7. The van der Waals surface area contributed by atoms with Gasteiger partial charge in [0.25, 0.3) is 5.56 Å². The van der Waals surface area contributed by atoms with Gasteiger partial charge < -0.3 is 9.80 Å². The molecule has 29 heavy (non-hydrogen) atoms. The lowest BCUT2D eigenvalue weighted by Gasteiger charge is -2.36. The monoisotopic (exact) mass is 414 g/mol. The smallest absolute Gasteiger partial charge is 0.292 e. The van der Waals surface area contributed by atoms with E-state index in [9.17, 15) is 9.59 Å². The number of halogens is 1. The average Bonchev–Trinajstić information content (AvgIpc) is 3.28. The summed E-state index contributed by atoms with van der Waals surface area (Å²) < 4.78 is 1.31. The van der Waals surface area contributed by atoms with Crippen molar-refractivity contribution >= 4 is 23.2 Å². The predicted octanol–water partition coefficient (Wildman–Crippen LogP) is 3.50. The molecule has 0 N–H and O–H groups in total. The topological polar surface area (TPSA) is 58.4 Å². The van der Waals surface area contributed by atoms with Crippen LogP contribution in [0, 0.1) is 5.92 Å². The van der Waals surface area contributed by atoms with Crippen LogP contribution in [0.25, 0.3) is 5.69 Å². The molecule has 0 radical (unpaired) electrons. The van der Waals surface area contributed by atoms with E-state index in [2.05, 4.69) is 5.10 Å². The van der Waals surface area contributed by atoms with E-state index in [4.69, 9.17) is 11.6 Å². The number of rotatable bonds is 5. The zero-order chi connectivity index (χ0) is 20.2. The second-order valence-corrected chi connectivity index (χ2v) is 8.33. The highest BCUT2D eigenvalue weighted by molar-refractivity contribution is 6.33. The SMILES string of the molecule is O=C(CCC1CCCC1)N1CCN(c2cnn(-c3ccccc3)c(=O)c2Cl)CC1. The van der Waals surface area contributed by atoms with E-state index in [1.54, 1.807) is 6.20 Å². The number of hydrogen-bond donors (Lipinski definition) is 0. The molecule has 1 aliphatic heterocycles. The standard InChI is InChI=1S/C22H27ClN4O2/c23-21-19(16-24-27(22(21)29)18-8-2-1-3-9-18)25-12-14-26(15-13-25)20(28)11-10-17-6-4-5-7-17/h1-3,8-9,16-17H,4-7,10-15H2. The van der Waals surface area contributed by atoms with E-state index in [0.29, 0.717) is 44.0 Å². The Balaban J connectivity index is 1.37. The van der Waals surface area contributed by atoms with Gasteiger partial charge in [0, 0.05) is 32.6 Å². The van der Waals surface area contributed by atoms with Crippen molar-refractivity contribution in [3.63, 3.8) is 0 Å². The summed E-state index contributed by atoms with van der Waals surface area (Å²) in [5.74, 6) is 0.987. The first kappa shape index (κ1) is 20.0. The number of aromatic nitrogens is 2. The molecule has 2 fully saturated rings. The summed E-state index contributed by atoms with van der Waals surface area (Å²) in [6, 6.07) is 9.24. The first-order chi connectivity index (χ1) is 14.1. The van der Waals surface area contributed by atoms with E-state index in [1.165, 1.54) is 30.4 Å². The molecule has 1 saturated carbocycles. The van der Waals surface area contributed by atoms with E-state index >= 15 is 0 Å². The zero-order valence-corrected chi connectivity index (χ0v) is 17.4. The minimum Gasteiger partial charge on any atom is -0.365 e. The van der Waals surface area contributed by atoms with Crippen molar-refractivity contribution in [3.05, 3.63) is 51.9 Å². The Labute approximate surface area is 176 Å². The number of anilines is 1. The summed E-state index contributed by atoms with van der Waals surface area (Å²) in [6.07, 6.45) is 8.51. The van der Waals surface area contributed by atoms with Gasteiger partial charge in [0.1, 0.15) is 5.02 Å². The minimum atomic E-state index is -0.328. The van der Waals surface area contributed by atoms with Gasteiger partial charge in [-0.15, -0.1) is 0 Å². The molecular weight excluding hydrogens is 388 g/mol. The van der Waals surface area contributed by atoms with Crippen LogP contribution in [0.2, 0.25) is 5.02 Å². The van der Waals surface area contributed by atoms with Gasteiger partial charge in [0.2, 0.25) is 5.91 Å². The Morgan fingerprint density at radius 2 is 1.76 bits per heavy atom. The van der Waals surface area contributed by atoms with Crippen LogP contribution in [0.3, 0.4) is 0 Å². The summed E-state index contributed by atoms with van der Waals surface area (Å²) in [5.41, 5.74) is 0.996. The molecule has 4 rings (SSSR count). The molecule has 0 spiro atoms. The lowest BCUT2D eigenvalue weighted by Crippen LogP contribution is -2.49. The van der Waals surface area contributed by atoms with Crippen LogP contribution < -0.4 is 10.5 Å². The van der Waals surface area contributed by atoms with Gasteiger partial charge >= 0.3 is 0 Å². The molecule has 0 unspecified atom stereocenters. The molecule has 2 aliphatic rings. The van der Waals surface area contributed by atoms with Crippen molar-refractivity contribution < 1.29 is 4.79 Å². The summed E-state index contributed by atoms with van der Waals surface area (Å²) in [7, 11) is 0. The number of piperazine rings is 1. The van der Waals surface area contributed by atoms with Crippen molar-refractivity contribution in [2.24, 2.45) is 5.92 Å². The molecule has 1 aromatic carbocycles. The van der Waals surface area contributed by atoms with Crippen molar-refractivity contribution in [3.8, 4) is 5.69 Å². The van der Waals surface area contributed by atoms with Crippen LogP contribution in [0.15, 0.2) is 41.3 Å². The Hall–Kier alpha value is -2.34. The Morgan fingerprint density at radius 1 is 1.07 bits per heavy atom. The van der Waals surface area contributed by atoms with Gasteiger partial charge in [-0.2, -0.15) is 9.78 Å². The van der Waals surface area contributed by atoms with E-state index in [0.717, 1.165) is 12.3 Å². The first-order valence-electron chi connectivity index (χ1n) is 10.5. The number of hydrogen-bond acceptors (Lipinski definition) is 4. The van der Waals surface area contributed by atoms with Crippen molar-refractivity contribution in [2.45, 2.75) is 38.5 Å². The fourth-order valence-electron chi connectivity index (χ4n) is 4.38. The van der Waals surface area contributed by atoms with Crippen molar-refractivity contribution in [1.29, 1.82) is 0 Å². The molecule has 6 nitrogen and oxygen atoms in total. The average molecular weight is 415 g/mol. The van der Waals surface area contributed by atoms with Gasteiger partial charge in [0.15, 0.2) is 0 Å². The fraction of sp³-hybridized carbons (Fsp3) is 0.500. The Bertz CT molecular complexity index is 901. The van der Waals surface area contributed by atoms with Gasteiger partial charge in [-0.25, -0.2) is 0 Å². The van der Waals surface area contributed by atoms with Gasteiger partial charge in [-0.05, 0) is 24.5 Å². The maximum Gasteiger partial charge on any atom is 0.292 e. The molecule has 1 aliphatic carbocycles. The van der Waals surface area contributed by atoms with Crippen LogP contribution in [0.4, 0.5) is 5.69 Å². The van der Waals surface area contributed by atoms with Crippen LogP contribution in [0.1, 0.15) is 38.5 Å². The molecule has 1 saturated heterocycles. The third kappa shape index (κ3) is 4.47. The van der Waals surface area contributed by atoms with Crippen molar-refractivity contribution in [2.75, 3.05) is 31.1 Å². The quantitative estimate of drug-likeness (QED) is 0.751. The number of para-hydroxylation sites is 1. The molecule has 1 amide bonds. The molecule has 2 heterocycles. The van der Waals surface area contributed by atoms with Crippen LogP contribution >= 0.6 is 11.6 Å². The summed E-state index contributed by atoms with van der Waals surface area (Å²) in [6.45, 7) is 2.62. The molecule has 154 valence electrons. The molecule has 0 bridgehead atoms. The van der Waals surface area contributed by atoms with Crippen LogP contribution in [0.5, 0.6) is 0 Å². The minimum absolute atomic E-state index is 0.171. The highest BCUT2D eigenvalue weighted by Gasteiger charge is 2.25. The highest BCUT2D eigenvalue weighted by atomic mass is 35.5. The number of amides is 1. The summed E-state index contributed by atoms with van der Waals surface area (Å²) >= 11 is 6.41. The Morgan fingerprint density at radius 3 is 2.45 bits per heavy atom. The first-order valence-corrected chi connectivity index (χ1v) is 10.9. The van der Waals surface area contributed by atoms with E-state index in [-0.39, 0.29) is 16.5 Å². The predicted molar refractivity (Wildman–Crippen MR) is 115 cm³/mol. The van der Waals surface area contributed by atoms with E-state index < -0.39 is 0 Å². The highest BCUT2D eigenvalue weighted by Crippen LogP contribution is 2.29. The summed E-state index contributed by atoms with van der Waals surface area (Å²) in [5, 5.41) is 4.48. The molecular formula is C22H27ClN4O2. The molecule has 1 aromatic heterocycles. The molecule has 2 aromatic rings. The summed E-state index contributed by atoms with van der Waals surface area (Å²) in [4.78, 5) is 29.2. The number of carbonyl (C=O) groups excluding carboxylic acids is 1. The lowest BCUT2D eigenvalue weighted by molar-refractivity contribution is -0.131. The van der Waals surface area contributed by atoms with E-state index in [1.807, 2.05) is 40.1 Å². The normalized spacial score (nSPS) is 17.7. The Kier molecular flexibility index (Phi) is 6.19. The lowest BCUT2D eigenvalue weighted by atomic mass is 10.0. The van der Waals surface area contributed by atoms with Gasteiger partial charge in [0.05, 0.1) is 17.6 Å². The largest absolute Gasteiger partial charge is 0.365 e. The van der Waals surface area contributed by atoms with Crippen LogP contribution in [-0.2, 0) is 4.79 Å². The second-order valence-electron chi connectivity index (χ2n) is 7.95. The zero-order valence-electron chi connectivity index (χ0n) is 16.6. The van der Waals surface area contributed by atoms with Gasteiger partial charge in [-0.1, -0.05) is 55.5 Å². The molecule has 0 atom stereocenters. The van der Waals surface area contributed by atoms with Crippen LogP contribution in [-0.4, -0.2) is 46.8 Å². The third-order valence-corrected chi connectivity index (χ3v) is 6.47. The second kappa shape index (κ2) is 8.99. The third-order valence-electron chi connectivity index (χ3n) is 6.12. The number of nitrogens with zero attached hydrogens (tertiary/aromatic N) is 4. The maximum absolute atomic E-state index is 12.7.